The lowest BCUT2D eigenvalue weighted by Gasteiger charge is -2.18. The molecule has 25 heavy (non-hydrogen) atoms. The van der Waals surface area contributed by atoms with E-state index in [4.69, 9.17) is 0 Å². The van der Waals surface area contributed by atoms with Crippen molar-refractivity contribution in [3.63, 3.8) is 0 Å². The van der Waals surface area contributed by atoms with Crippen LogP contribution in [-0.2, 0) is 11.2 Å². The summed E-state index contributed by atoms with van der Waals surface area (Å²) < 4.78 is 0. The summed E-state index contributed by atoms with van der Waals surface area (Å²) in [4.78, 5) is 12.5. The molecule has 1 atom stereocenters. The van der Waals surface area contributed by atoms with Gasteiger partial charge in [0.05, 0.1) is 6.04 Å². The van der Waals surface area contributed by atoms with Gasteiger partial charge in [-0.05, 0) is 41.7 Å². The van der Waals surface area contributed by atoms with Crippen LogP contribution in [0.25, 0.3) is 10.8 Å². The van der Waals surface area contributed by atoms with E-state index >= 15 is 0 Å². The van der Waals surface area contributed by atoms with Crippen molar-refractivity contribution in [1.82, 2.24) is 5.32 Å². The highest BCUT2D eigenvalue weighted by Crippen LogP contribution is 2.21. The average molecular weight is 331 g/mol. The summed E-state index contributed by atoms with van der Waals surface area (Å²) in [6.07, 6.45) is 2.16. The molecule has 0 spiro atoms. The molecule has 0 aliphatic carbocycles. The highest BCUT2D eigenvalue weighted by atomic mass is 16.1. The molecule has 128 valence electrons. The number of rotatable bonds is 6. The van der Waals surface area contributed by atoms with Gasteiger partial charge in [0, 0.05) is 6.42 Å². The van der Waals surface area contributed by atoms with Crippen molar-refractivity contribution < 1.29 is 4.79 Å². The van der Waals surface area contributed by atoms with Gasteiger partial charge in [0.15, 0.2) is 0 Å². The van der Waals surface area contributed by atoms with E-state index in [1.165, 1.54) is 27.5 Å². The van der Waals surface area contributed by atoms with Gasteiger partial charge in [-0.1, -0.05) is 79.2 Å². The fourth-order valence-electron chi connectivity index (χ4n) is 3.25. The Kier molecular flexibility index (Phi) is 5.49. The third-order valence-electron chi connectivity index (χ3n) is 4.72. The zero-order valence-electron chi connectivity index (χ0n) is 15.0. The van der Waals surface area contributed by atoms with Gasteiger partial charge in [0.2, 0.25) is 5.91 Å². The van der Waals surface area contributed by atoms with Gasteiger partial charge >= 0.3 is 0 Å². The van der Waals surface area contributed by atoms with Gasteiger partial charge in [0.25, 0.3) is 0 Å². The van der Waals surface area contributed by atoms with Crippen LogP contribution >= 0.6 is 0 Å². The van der Waals surface area contributed by atoms with Crippen LogP contribution in [0.5, 0.6) is 0 Å². The van der Waals surface area contributed by atoms with Crippen LogP contribution in [-0.4, -0.2) is 5.91 Å². The predicted molar refractivity (Wildman–Crippen MR) is 105 cm³/mol. The Morgan fingerprint density at radius 2 is 1.68 bits per heavy atom. The molecule has 3 aromatic rings. The predicted octanol–water partition coefficient (Wildman–Crippen LogP) is 5.35. The minimum atomic E-state index is 0.0839. The van der Waals surface area contributed by atoms with Crippen molar-refractivity contribution in [2.75, 3.05) is 0 Å². The first-order chi connectivity index (χ1) is 12.2. The van der Waals surface area contributed by atoms with E-state index in [1.54, 1.807) is 0 Å². The van der Waals surface area contributed by atoms with Gasteiger partial charge in [-0.25, -0.2) is 0 Å². The molecule has 0 saturated carbocycles. The van der Waals surface area contributed by atoms with Crippen molar-refractivity contribution >= 4 is 16.7 Å². The van der Waals surface area contributed by atoms with Crippen molar-refractivity contribution in [3.8, 4) is 0 Å². The van der Waals surface area contributed by atoms with E-state index < -0.39 is 0 Å². The van der Waals surface area contributed by atoms with Gasteiger partial charge in [-0.3, -0.25) is 4.79 Å². The largest absolute Gasteiger partial charge is 0.349 e. The molecule has 1 N–H and O–H groups in total. The molecule has 2 nitrogen and oxygen atoms in total. The monoisotopic (exact) mass is 331 g/mol. The number of hydrogen-bond donors (Lipinski definition) is 1. The van der Waals surface area contributed by atoms with E-state index in [2.05, 4.69) is 79.8 Å². The van der Waals surface area contributed by atoms with E-state index in [9.17, 15) is 4.79 Å². The Morgan fingerprint density at radius 1 is 0.960 bits per heavy atom. The lowest BCUT2D eigenvalue weighted by Crippen LogP contribution is -2.28. The fraction of sp³-hybridized carbons (Fsp3) is 0.261. The molecule has 0 aromatic heterocycles. The fourth-order valence-corrected chi connectivity index (χ4v) is 3.25. The van der Waals surface area contributed by atoms with Gasteiger partial charge < -0.3 is 5.32 Å². The summed E-state index contributed by atoms with van der Waals surface area (Å²) in [7, 11) is 0. The Morgan fingerprint density at radius 3 is 2.44 bits per heavy atom. The van der Waals surface area contributed by atoms with Crippen LogP contribution in [0.15, 0.2) is 66.7 Å². The first-order valence-corrected chi connectivity index (χ1v) is 9.00. The maximum absolute atomic E-state index is 12.5. The molecule has 3 aromatic carbocycles. The number of nitrogens with one attached hydrogen (secondary N) is 1. The van der Waals surface area contributed by atoms with Gasteiger partial charge in [-0.2, -0.15) is 0 Å². The van der Waals surface area contributed by atoms with Crippen molar-refractivity contribution in [3.05, 3.63) is 83.4 Å². The molecule has 1 amide bonds. The van der Waals surface area contributed by atoms with E-state index in [-0.39, 0.29) is 11.9 Å². The topological polar surface area (TPSA) is 29.1 Å². The highest BCUT2D eigenvalue weighted by molar-refractivity contribution is 5.86. The minimum Gasteiger partial charge on any atom is -0.349 e. The number of aryl methyl sites for hydroxylation is 2. The number of fused-ring (bicyclic) bond motifs is 1. The summed E-state index contributed by atoms with van der Waals surface area (Å²) in [5.74, 6) is 0.111. The van der Waals surface area contributed by atoms with Crippen molar-refractivity contribution in [2.24, 2.45) is 0 Å². The second-order valence-corrected chi connectivity index (χ2v) is 6.58. The Hall–Kier alpha value is -2.61. The molecule has 0 heterocycles. The smallest absolute Gasteiger partial charge is 0.220 e. The molecule has 0 radical (unpaired) electrons. The van der Waals surface area contributed by atoms with Crippen molar-refractivity contribution in [2.45, 2.75) is 39.2 Å². The molecular formula is C23H25NO. The molecule has 2 heteroatoms. The molecule has 1 unspecified atom stereocenters. The van der Waals surface area contributed by atoms with Crippen LogP contribution in [0, 0.1) is 6.92 Å². The average Bonchev–Trinajstić information content (AvgIpc) is 2.65. The third-order valence-corrected chi connectivity index (χ3v) is 4.72. The van der Waals surface area contributed by atoms with E-state index in [0.29, 0.717) is 6.42 Å². The quantitative estimate of drug-likeness (QED) is 0.648. The standard InChI is InChI=1S/C23H25NO/c1-3-22(20-13-11-17(2)12-14-20)24-23(25)16-15-19-9-6-8-18-7-4-5-10-21(18)19/h4-14,22H,3,15-16H2,1-2H3,(H,24,25). The van der Waals surface area contributed by atoms with Gasteiger partial charge in [-0.15, -0.1) is 0 Å². The Bertz CT molecular complexity index is 846. The number of hydrogen-bond acceptors (Lipinski definition) is 1. The molecule has 0 aliphatic rings. The van der Waals surface area contributed by atoms with Crippen LogP contribution in [0.2, 0.25) is 0 Å². The number of amides is 1. The van der Waals surface area contributed by atoms with E-state index in [1.807, 2.05) is 6.07 Å². The van der Waals surface area contributed by atoms with E-state index in [0.717, 1.165) is 12.8 Å². The normalized spacial score (nSPS) is 12.1. The molecule has 0 bridgehead atoms. The summed E-state index contributed by atoms with van der Waals surface area (Å²) in [6.45, 7) is 4.18. The molecule has 0 aliphatic heterocycles. The van der Waals surface area contributed by atoms with Crippen molar-refractivity contribution in [1.29, 1.82) is 0 Å². The maximum atomic E-state index is 12.5. The number of carbonyl (C=O) groups is 1. The zero-order valence-corrected chi connectivity index (χ0v) is 15.0. The summed E-state index contributed by atoms with van der Waals surface area (Å²) in [5.41, 5.74) is 3.64. The Labute approximate surface area is 149 Å². The lowest BCUT2D eigenvalue weighted by atomic mass is 10.00. The van der Waals surface area contributed by atoms with Crippen LogP contribution < -0.4 is 5.32 Å². The van der Waals surface area contributed by atoms with Crippen LogP contribution in [0.1, 0.15) is 42.5 Å². The van der Waals surface area contributed by atoms with Crippen LogP contribution in [0.4, 0.5) is 0 Å². The second-order valence-electron chi connectivity index (χ2n) is 6.58. The molecule has 0 saturated heterocycles. The summed E-state index contributed by atoms with van der Waals surface area (Å²) >= 11 is 0. The van der Waals surface area contributed by atoms with Gasteiger partial charge in [0.1, 0.15) is 0 Å². The number of benzene rings is 3. The molecule has 3 rings (SSSR count). The zero-order chi connectivity index (χ0) is 17.6. The maximum Gasteiger partial charge on any atom is 0.220 e. The molecule has 0 fully saturated rings. The first-order valence-electron chi connectivity index (χ1n) is 9.00. The summed E-state index contributed by atoms with van der Waals surface area (Å²) in [6, 6.07) is 23.1. The minimum absolute atomic E-state index is 0.0839. The lowest BCUT2D eigenvalue weighted by molar-refractivity contribution is -0.121. The molecular weight excluding hydrogens is 306 g/mol. The summed E-state index contributed by atoms with van der Waals surface area (Å²) in [5, 5.41) is 5.65. The third kappa shape index (κ3) is 4.27. The second kappa shape index (κ2) is 7.98. The SMILES string of the molecule is CCC(NC(=O)CCc1cccc2ccccc12)c1ccc(C)cc1. The Balaban J connectivity index is 1.64. The first kappa shape index (κ1) is 17.2. The highest BCUT2D eigenvalue weighted by Gasteiger charge is 2.13. The number of carbonyl (C=O) groups excluding carboxylic acids is 1. The van der Waals surface area contributed by atoms with Crippen LogP contribution in [0.3, 0.4) is 0 Å².